The molecule has 0 saturated carbocycles. The predicted molar refractivity (Wildman–Crippen MR) is 47.1 cm³/mol. The van der Waals surface area contributed by atoms with Crippen molar-refractivity contribution in [2.45, 2.75) is 6.36 Å². The highest BCUT2D eigenvalue weighted by Gasteiger charge is 2.32. The fourth-order valence-electron chi connectivity index (χ4n) is 0.793. The molecule has 0 spiro atoms. The fourth-order valence-corrected chi connectivity index (χ4v) is 1.27. The van der Waals surface area contributed by atoms with Crippen LogP contribution in [0.1, 0.15) is 10.4 Å². The number of amides is 1. The maximum atomic E-state index is 11.9. The molecule has 8 heteroatoms. The van der Waals surface area contributed by atoms with E-state index in [1.807, 2.05) is 0 Å². The summed E-state index contributed by atoms with van der Waals surface area (Å²) in [7, 11) is 0. The van der Waals surface area contributed by atoms with Crippen molar-refractivity contribution in [2.75, 3.05) is 0 Å². The lowest BCUT2D eigenvalue weighted by atomic mass is 10.3. The van der Waals surface area contributed by atoms with Gasteiger partial charge < -0.3 is 10.5 Å². The minimum absolute atomic E-state index is 0.178. The van der Waals surface area contributed by atoms with Crippen LogP contribution in [0.2, 0.25) is 0 Å². The molecule has 0 atom stereocenters. The first kappa shape index (κ1) is 11.8. The SMILES string of the molecule is NC(=O)c1cncc(OC(F)(F)F)c1Br. The second-order valence-electron chi connectivity index (χ2n) is 2.41. The molecule has 0 aliphatic heterocycles. The molecule has 0 bridgehead atoms. The van der Waals surface area contributed by atoms with Crippen molar-refractivity contribution in [1.82, 2.24) is 4.98 Å². The molecule has 0 aliphatic carbocycles. The summed E-state index contributed by atoms with van der Waals surface area (Å²) >= 11 is 2.77. The Bertz CT molecular complexity index is 394. The van der Waals surface area contributed by atoms with E-state index in [1.165, 1.54) is 0 Å². The molecule has 4 nitrogen and oxygen atoms in total. The third-order valence-electron chi connectivity index (χ3n) is 1.34. The topological polar surface area (TPSA) is 65.2 Å². The van der Waals surface area contributed by atoms with Gasteiger partial charge in [-0.25, -0.2) is 0 Å². The number of ether oxygens (including phenoxy) is 1. The summed E-state index contributed by atoms with van der Waals surface area (Å²) in [6, 6.07) is 0. The summed E-state index contributed by atoms with van der Waals surface area (Å²) < 4.78 is 39.0. The minimum atomic E-state index is -4.85. The van der Waals surface area contributed by atoms with E-state index in [2.05, 4.69) is 25.7 Å². The summed E-state index contributed by atoms with van der Waals surface area (Å²) in [5, 5.41) is 0. The second-order valence-corrected chi connectivity index (χ2v) is 3.20. The van der Waals surface area contributed by atoms with Gasteiger partial charge in [-0.05, 0) is 15.9 Å². The third-order valence-corrected chi connectivity index (χ3v) is 2.16. The van der Waals surface area contributed by atoms with Crippen molar-refractivity contribution < 1.29 is 22.7 Å². The van der Waals surface area contributed by atoms with Crippen LogP contribution in [0, 0.1) is 0 Å². The number of carbonyl (C=O) groups is 1. The second kappa shape index (κ2) is 4.05. The third kappa shape index (κ3) is 3.08. The molecular weight excluding hydrogens is 281 g/mol. The van der Waals surface area contributed by atoms with Crippen LogP contribution < -0.4 is 10.5 Å². The predicted octanol–water partition coefficient (Wildman–Crippen LogP) is 1.84. The number of carbonyl (C=O) groups excluding carboxylic acids is 1. The minimum Gasteiger partial charge on any atom is -0.403 e. The molecular formula is C7H4BrF3N2O2. The monoisotopic (exact) mass is 284 g/mol. The molecule has 1 aromatic heterocycles. The number of nitrogens with zero attached hydrogens (tertiary/aromatic N) is 1. The standard InChI is InChI=1S/C7H4BrF3N2O2/c8-5-3(6(12)14)1-13-2-4(5)15-7(9,10)11/h1-2H,(H2,12,14). The molecule has 82 valence electrons. The summed E-state index contributed by atoms with van der Waals surface area (Å²) in [4.78, 5) is 14.2. The molecule has 0 saturated heterocycles. The number of rotatable bonds is 2. The number of nitrogens with two attached hydrogens (primary N) is 1. The summed E-state index contributed by atoms with van der Waals surface area (Å²) in [6.07, 6.45) is -2.99. The van der Waals surface area contributed by atoms with Gasteiger partial charge in [-0.2, -0.15) is 0 Å². The lowest BCUT2D eigenvalue weighted by molar-refractivity contribution is -0.275. The van der Waals surface area contributed by atoms with Crippen molar-refractivity contribution in [3.63, 3.8) is 0 Å². The van der Waals surface area contributed by atoms with Crippen molar-refractivity contribution in [3.05, 3.63) is 22.4 Å². The van der Waals surface area contributed by atoms with Crippen LogP contribution in [-0.2, 0) is 0 Å². The van der Waals surface area contributed by atoms with Crippen molar-refractivity contribution in [2.24, 2.45) is 5.73 Å². The van der Waals surface area contributed by atoms with Gasteiger partial charge in [0.1, 0.15) is 0 Å². The zero-order valence-corrected chi connectivity index (χ0v) is 8.59. The Kier molecular flexibility index (Phi) is 3.18. The van der Waals surface area contributed by atoms with Gasteiger partial charge in [-0.15, -0.1) is 13.2 Å². The van der Waals surface area contributed by atoms with E-state index in [0.717, 1.165) is 12.4 Å². The fraction of sp³-hybridized carbons (Fsp3) is 0.143. The molecule has 0 fully saturated rings. The lowest BCUT2D eigenvalue weighted by Crippen LogP contribution is -2.19. The molecule has 1 heterocycles. The highest BCUT2D eigenvalue weighted by atomic mass is 79.9. The molecule has 1 amide bonds. The first-order valence-corrected chi connectivity index (χ1v) is 4.29. The van der Waals surface area contributed by atoms with Gasteiger partial charge in [0, 0.05) is 6.20 Å². The van der Waals surface area contributed by atoms with Crippen molar-refractivity contribution >= 4 is 21.8 Å². The van der Waals surface area contributed by atoms with E-state index in [1.54, 1.807) is 0 Å². The number of hydrogen-bond donors (Lipinski definition) is 1. The van der Waals surface area contributed by atoms with Gasteiger partial charge in [0.2, 0.25) is 0 Å². The molecule has 2 N–H and O–H groups in total. The molecule has 0 unspecified atom stereocenters. The van der Waals surface area contributed by atoms with Gasteiger partial charge in [0.15, 0.2) is 5.75 Å². The average molecular weight is 285 g/mol. The van der Waals surface area contributed by atoms with Crippen LogP contribution in [0.4, 0.5) is 13.2 Å². The Morgan fingerprint density at radius 1 is 1.47 bits per heavy atom. The number of alkyl halides is 3. The Labute approximate surface area is 90.4 Å². The highest BCUT2D eigenvalue weighted by Crippen LogP contribution is 2.31. The van der Waals surface area contributed by atoms with E-state index in [0.29, 0.717) is 0 Å². The number of hydrogen-bond acceptors (Lipinski definition) is 3. The van der Waals surface area contributed by atoms with Crippen molar-refractivity contribution in [1.29, 1.82) is 0 Å². The van der Waals surface area contributed by atoms with Crippen LogP contribution in [0.5, 0.6) is 5.75 Å². The van der Waals surface area contributed by atoms with Crippen LogP contribution in [0.3, 0.4) is 0 Å². The molecule has 15 heavy (non-hydrogen) atoms. The van der Waals surface area contributed by atoms with E-state index in [4.69, 9.17) is 5.73 Å². The highest BCUT2D eigenvalue weighted by molar-refractivity contribution is 9.10. The van der Waals surface area contributed by atoms with Crippen LogP contribution in [0.25, 0.3) is 0 Å². The molecule has 0 aliphatic rings. The first-order valence-electron chi connectivity index (χ1n) is 3.50. The molecule has 0 radical (unpaired) electrons. The largest absolute Gasteiger partial charge is 0.573 e. The Hall–Kier alpha value is -1.31. The zero-order valence-electron chi connectivity index (χ0n) is 7.01. The van der Waals surface area contributed by atoms with Gasteiger partial charge in [0.05, 0.1) is 16.2 Å². The first-order chi connectivity index (χ1) is 6.81. The number of primary amides is 1. The number of pyridine rings is 1. The van der Waals surface area contributed by atoms with E-state index < -0.39 is 18.0 Å². The lowest BCUT2D eigenvalue weighted by Gasteiger charge is -2.10. The quantitative estimate of drug-likeness (QED) is 0.901. The van der Waals surface area contributed by atoms with E-state index in [9.17, 15) is 18.0 Å². The molecule has 1 rings (SSSR count). The van der Waals surface area contributed by atoms with Gasteiger partial charge in [0.25, 0.3) is 5.91 Å². The van der Waals surface area contributed by atoms with Crippen LogP contribution in [-0.4, -0.2) is 17.3 Å². The number of halogens is 4. The van der Waals surface area contributed by atoms with Gasteiger partial charge in [-0.3, -0.25) is 9.78 Å². The Morgan fingerprint density at radius 2 is 2.07 bits per heavy atom. The van der Waals surface area contributed by atoms with E-state index in [-0.39, 0.29) is 10.0 Å². The normalized spacial score (nSPS) is 11.2. The summed E-state index contributed by atoms with van der Waals surface area (Å²) in [5.41, 5.74) is 4.72. The Morgan fingerprint density at radius 3 is 2.53 bits per heavy atom. The number of aromatic nitrogens is 1. The molecule has 0 aromatic carbocycles. The van der Waals surface area contributed by atoms with Crippen LogP contribution in [0.15, 0.2) is 16.9 Å². The smallest absolute Gasteiger partial charge is 0.403 e. The van der Waals surface area contributed by atoms with Gasteiger partial charge in [-0.1, -0.05) is 0 Å². The van der Waals surface area contributed by atoms with Crippen LogP contribution >= 0.6 is 15.9 Å². The zero-order chi connectivity index (χ0) is 11.6. The maximum Gasteiger partial charge on any atom is 0.573 e. The van der Waals surface area contributed by atoms with Crippen molar-refractivity contribution in [3.8, 4) is 5.75 Å². The molecule has 1 aromatic rings. The van der Waals surface area contributed by atoms with E-state index >= 15 is 0 Å². The average Bonchev–Trinajstić information content (AvgIpc) is 2.05. The Balaban J connectivity index is 3.10. The van der Waals surface area contributed by atoms with Gasteiger partial charge >= 0.3 is 6.36 Å². The summed E-state index contributed by atoms with van der Waals surface area (Å²) in [5.74, 6) is -1.51. The maximum absolute atomic E-state index is 11.9. The summed E-state index contributed by atoms with van der Waals surface area (Å²) in [6.45, 7) is 0.